The molecule has 0 aliphatic heterocycles. The average Bonchev–Trinajstić information content (AvgIpc) is 2.44. The predicted octanol–water partition coefficient (Wildman–Crippen LogP) is 3.00. The number of nitrogens with zero attached hydrogens (tertiary/aromatic N) is 1. The first kappa shape index (κ1) is 12.1. The first-order valence-electron chi connectivity index (χ1n) is 5.93. The lowest BCUT2D eigenvalue weighted by molar-refractivity contribution is 0.457. The largest absolute Gasteiger partial charge is 0.327 e. The summed E-state index contributed by atoms with van der Waals surface area (Å²) in [4.78, 5) is 4.49. The van der Waals surface area contributed by atoms with E-state index in [-0.39, 0.29) is 6.04 Å². The summed E-state index contributed by atoms with van der Waals surface area (Å²) < 4.78 is 0. The Kier molecular flexibility index (Phi) is 2.67. The van der Waals surface area contributed by atoms with Gasteiger partial charge in [-0.1, -0.05) is 27.7 Å². The van der Waals surface area contributed by atoms with Gasteiger partial charge in [-0.25, -0.2) is 4.98 Å². The summed E-state index contributed by atoms with van der Waals surface area (Å²) >= 11 is 1.71. The van der Waals surface area contributed by atoms with E-state index in [4.69, 9.17) is 5.73 Å². The molecule has 1 aromatic heterocycles. The van der Waals surface area contributed by atoms with Crippen molar-refractivity contribution in [1.82, 2.24) is 4.98 Å². The van der Waals surface area contributed by atoms with Crippen LogP contribution in [0.15, 0.2) is 5.38 Å². The summed E-state index contributed by atoms with van der Waals surface area (Å²) in [6, 6.07) is 0.242. The minimum absolute atomic E-state index is 0.242. The molecule has 0 amide bonds. The normalized spacial score (nSPS) is 24.4. The van der Waals surface area contributed by atoms with Gasteiger partial charge in [0.25, 0.3) is 0 Å². The van der Waals surface area contributed by atoms with Crippen LogP contribution in [0.5, 0.6) is 0 Å². The molecule has 90 valence electrons. The molecule has 2 nitrogen and oxygen atoms in total. The van der Waals surface area contributed by atoms with E-state index in [1.54, 1.807) is 11.3 Å². The van der Waals surface area contributed by atoms with Gasteiger partial charge < -0.3 is 5.73 Å². The summed E-state index contributed by atoms with van der Waals surface area (Å²) in [6.07, 6.45) is 0.919. The smallest absolute Gasteiger partial charge is 0.0897 e. The fourth-order valence-corrected chi connectivity index (χ4v) is 3.80. The Balaban J connectivity index is 2.03. The lowest BCUT2D eigenvalue weighted by Gasteiger charge is -2.12. The summed E-state index contributed by atoms with van der Waals surface area (Å²) in [5, 5.41) is 3.27. The van der Waals surface area contributed by atoms with Gasteiger partial charge in [0.05, 0.1) is 10.7 Å². The molecule has 1 heterocycles. The van der Waals surface area contributed by atoms with Gasteiger partial charge in [0, 0.05) is 17.8 Å². The summed E-state index contributed by atoms with van der Waals surface area (Å²) in [5.74, 6) is 0.613. The van der Waals surface area contributed by atoms with Crippen LogP contribution in [0.4, 0.5) is 0 Å². The summed E-state index contributed by atoms with van der Waals surface area (Å²) in [6.45, 7) is 11.3. The van der Waals surface area contributed by atoms with Gasteiger partial charge >= 0.3 is 0 Å². The molecule has 0 bridgehead atoms. The highest BCUT2D eigenvalue weighted by Crippen LogP contribution is 2.69. The predicted molar refractivity (Wildman–Crippen MR) is 69.6 cm³/mol. The van der Waals surface area contributed by atoms with Gasteiger partial charge in [-0.3, -0.25) is 0 Å². The van der Waals surface area contributed by atoms with Crippen molar-refractivity contribution in [2.24, 2.45) is 22.5 Å². The van der Waals surface area contributed by atoms with E-state index in [2.05, 4.69) is 38.1 Å². The number of aromatic nitrogens is 1. The molecule has 1 aliphatic carbocycles. The third-order valence-electron chi connectivity index (χ3n) is 4.67. The zero-order valence-corrected chi connectivity index (χ0v) is 11.7. The lowest BCUT2D eigenvalue weighted by atomic mass is 10.0. The van der Waals surface area contributed by atoms with Crippen LogP contribution >= 0.6 is 11.3 Å². The number of aryl methyl sites for hydroxylation is 1. The molecular formula is C13H22N2S. The molecule has 0 saturated heterocycles. The number of nitrogens with two attached hydrogens (primary N) is 1. The van der Waals surface area contributed by atoms with Crippen molar-refractivity contribution < 1.29 is 0 Å². The molecule has 1 aliphatic rings. The molecule has 16 heavy (non-hydrogen) atoms. The maximum absolute atomic E-state index is 6.34. The van der Waals surface area contributed by atoms with Crippen molar-refractivity contribution in [1.29, 1.82) is 0 Å². The Morgan fingerprint density at radius 1 is 1.38 bits per heavy atom. The average molecular weight is 238 g/mol. The Morgan fingerprint density at radius 3 is 2.31 bits per heavy atom. The van der Waals surface area contributed by atoms with Crippen LogP contribution in [0.1, 0.15) is 38.4 Å². The molecule has 3 heteroatoms. The standard InChI is InChI=1S/C13H22N2S/c1-8-15-9(7-16-8)6-10(14)11-12(2,3)13(11,4)5/h7,10-11H,6,14H2,1-5H3. The molecule has 2 rings (SSSR count). The van der Waals surface area contributed by atoms with Crippen LogP contribution < -0.4 is 5.73 Å². The van der Waals surface area contributed by atoms with Crippen LogP contribution in [0, 0.1) is 23.7 Å². The molecule has 0 radical (unpaired) electrons. The Bertz CT molecular complexity index is 378. The van der Waals surface area contributed by atoms with E-state index < -0.39 is 0 Å². The molecule has 1 atom stereocenters. The zero-order valence-electron chi connectivity index (χ0n) is 10.9. The molecule has 1 fully saturated rings. The highest BCUT2D eigenvalue weighted by molar-refractivity contribution is 7.09. The van der Waals surface area contributed by atoms with Crippen molar-refractivity contribution >= 4 is 11.3 Å². The number of rotatable bonds is 3. The van der Waals surface area contributed by atoms with E-state index in [0.717, 1.165) is 17.1 Å². The maximum Gasteiger partial charge on any atom is 0.0897 e. The molecule has 1 saturated carbocycles. The molecule has 1 unspecified atom stereocenters. The van der Waals surface area contributed by atoms with Crippen LogP contribution in [-0.4, -0.2) is 11.0 Å². The van der Waals surface area contributed by atoms with Crippen molar-refractivity contribution in [3.63, 3.8) is 0 Å². The third kappa shape index (κ3) is 1.70. The van der Waals surface area contributed by atoms with Crippen LogP contribution in [0.2, 0.25) is 0 Å². The number of thiazole rings is 1. The molecule has 0 spiro atoms. The van der Waals surface area contributed by atoms with E-state index in [9.17, 15) is 0 Å². The first-order chi connectivity index (χ1) is 7.26. The quantitative estimate of drug-likeness (QED) is 0.879. The van der Waals surface area contributed by atoms with E-state index >= 15 is 0 Å². The fraction of sp³-hybridized carbons (Fsp3) is 0.769. The van der Waals surface area contributed by atoms with Crippen molar-refractivity contribution in [3.05, 3.63) is 16.1 Å². The summed E-state index contributed by atoms with van der Waals surface area (Å²) in [7, 11) is 0. The maximum atomic E-state index is 6.34. The summed E-state index contributed by atoms with van der Waals surface area (Å²) in [5.41, 5.74) is 8.24. The van der Waals surface area contributed by atoms with Gasteiger partial charge in [0.15, 0.2) is 0 Å². The highest BCUT2D eigenvalue weighted by atomic mass is 32.1. The second kappa shape index (κ2) is 3.54. The first-order valence-corrected chi connectivity index (χ1v) is 6.81. The second-order valence-corrected chi connectivity index (χ2v) is 7.21. The number of hydrogen-bond donors (Lipinski definition) is 1. The van der Waals surface area contributed by atoms with Gasteiger partial charge in [0.1, 0.15) is 0 Å². The SMILES string of the molecule is Cc1nc(CC(N)C2C(C)(C)C2(C)C)cs1. The zero-order chi connectivity index (χ0) is 12.1. The number of hydrogen-bond acceptors (Lipinski definition) is 3. The van der Waals surface area contributed by atoms with Gasteiger partial charge in [-0.2, -0.15) is 0 Å². The molecule has 1 aromatic rings. The highest BCUT2D eigenvalue weighted by Gasteiger charge is 2.66. The molecular weight excluding hydrogens is 216 g/mol. The topological polar surface area (TPSA) is 38.9 Å². The second-order valence-electron chi connectivity index (χ2n) is 6.15. The van der Waals surface area contributed by atoms with E-state index in [0.29, 0.717) is 16.7 Å². The van der Waals surface area contributed by atoms with Crippen molar-refractivity contribution in [3.8, 4) is 0 Å². The van der Waals surface area contributed by atoms with Gasteiger partial charge in [-0.15, -0.1) is 11.3 Å². The van der Waals surface area contributed by atoms with E-state index in [1.807, 2.05) is 6.92 Å². The molecule has 0 aromatic carbocycles. The Morgan fingerprint density at radius 2 is 1.94 bits per heavy atom. The monoisotopic (exact) mass is 238 g/mol. The Labute approximate surface area is 102 Å². The van der Waals surface area contributed by atoms with Crippen LogP contribution in [0.3, 0.4) is 0 Å². The molecule has 2 N–H and O–H groups in total. The fourth-order valence-electron chi connectivity index (χ4n) is 3.18. The lowest BCUT2D eigenvalue weighted by Crippen LogP contribution is -2.28. The van der Waals surface area contributed by atoms with Crippen LogP contribution in [-0.2, 0) is 6.42 Å². The van der Waals surface area contributed by atoms with E-state index in [1.165, 1.54) is 0 Å². The minimum atomic E-state index is 0.242. The van der Waals surface area contributed by atoms with Crippen molar-refractivity contribution in [2.75, 3.05) is 0 Å². The van der Waals surface area contributed by atoms with Gasteiger partial charge in [-0.05, 0) is 23.7 Å². The van der Waals surface area contributed by atoms with Gasteiger partial charge in [0.2, 0.25) is 0 Å². The van der Waals surface area contributed by atoms with Crippen molar-refractivity contribution in [2.45, 2.75) is 47.1 Å². The van der Waals surface area contributed by atoms with Crippen LogP contribution in [0.25, 0.3) is 0 Å². The minimum Gasteiger partial charge on any atom is -0.327 e. The third-order valence-corrected chi connectivity index (χ3v) is 5.49. The Hall–Kier alpha value is -0.410.